The summed E-state index contributed by atoms with van der Waals surface area (Å²) in [6.07, 6.45) is 5.31. The van der Waals surface area contributed by atoms with Gasteiger partial charge >= 0.3 is 0 Å². The van der Waals surface area contributed by atoms with E-state index in [0.29, 0.717) is 5.82 Å². The summed E-state index contributed by atoms with van der Waals surface area (Å²) >= 11 is 0. The first-order valence-corrected chi connectivity index (χ1v) is 14.0. The van der Waals surface area contributed by atoms with Crippen LogP contribution in [0.3, 0.4) is 0 Å². The van der Waals surface area contributed by atoms with Crippen molar-refractivity contribution in [2.24, 2.45) is 11.8 Å². The largest absolute Gasteiger partial charge is 0.308 e. The maximum absolute atomic E-state index is 13.0. The van der Waals surface area contributed by atoms with E-state index in [1.54, 1.807) is 6.20 Å². The fraction of sp³-hybridized carbons (Fsp3) is 0.194. The zero-order chi connectivity index (χ0) is 28.1. The first-order chi connectivity index (χ1) is 20.0. The number of Topliss-reactive ketones (excluding diaryl/α,β-unsaturated/α-hetero) is 1. The standard InChI is InChI=1S/C36H28N4O/c1-22-29-18-17-28-32(25-15-13-24(14-16-25)23-9-5-4-6-10-23)39-35(27-19-20-38-30-12-8-7-11-26(27)30)40-34(28)36(29,2)21-31(37-3)33(22)41/h4-16,19-22,29H,17-18H2,1-2H3/t22-,29-,36-/m1/s1. The highest BCUT2D eigenvalue weighted by atomic mass is 16.1. The molecule has 0 bridgehead atoms. The number of nitrogens with zero attached hydrogens (tertiary/aromatic N) is 4. The van der Waals surface area contributed by atoms with E-state index in [1.165, 1.54) is 5.56 Å². The van der Waals surface area contributed by atoms with Crippen LogP contribution in [0.5, 0.6) is 0 Å². The molecule has 0 spiro atoms. The van der Waals surface area contributed by atoms with Gasteiger partial charge in [0.25, 0.3) is 0 Å². The summed E-state index contributed by atoms with van der Waals surface area (Å²) < 4.78 is 0. The third-order valence-corrected chi connectivity index (χ3v) is 8.97. The maximum Gasteiger partial charge on any atom is 0.226 e. The van der Waals surface area contributed by atoms with Crippen LogP contribution < -0.4 is 0 Å². The van der Waals surface area contributed by atoms with Crippen LogP contribution in [0.1, 0.15) is 31.5 Å². The normalized spacial score (nSPS) is 21.5. The Morgan fingerprint density at radius 3 is 2.37 bits per heavy atom. The molecule has 5 nitrogen and oxygen atoms in total. The van der Waals surface area contributed by atoms with E-state index in [1.807, 2.05) is 55.5 Å². The molecule has 7 rings (SSSR count). The summed E-state index contributed by atoms with van der Waals surface area (Å²) in [5.74, 6) is 0.403. The fourth-order valence-corrected chi connectivity index (χ4v) is 6.85. The molecule has 198 valence electrons. The number of fused-ring (bicyclic) bond motifs is 4. The van der Waals surface area contributed by atoms with Gasteiger partial charge in [-0.1, -0.05) is 92.7 Å². The lowest BCUT2D eigenvalue weighted by Gasteiger charge is -2.46. The lowest BCUT2D eigenvalue weighted by atomic mass is 9.58. The third-order valence-electron chi connectivity index (χ3n) is 8.97. The molecule has 41 heavy (non-hydrogen) atoms. The van der Waals surface area contributed by atoms with Gasteiger partial charge in [-0.3, -0.25) is 4.98 Å². The second-order valence-corrected chi connectivity index (χ2v) is 11.3. The highest BCUT2D eigenvalue weighted by molar-refractivity contribution is 6.00. The Balaban J connectivity index is 1.48. The Bertz CT molecular complexity index is 1900. The minimum atomic E-state index is -0.556. The molecular formula is C36H28N4O. The van der Waals surface area contributed by atoms with Crippen molar-refractivity contribution in [2.75, 3.05) is 0 Å². The smallest absolute Gasteiger partial charge is 0.226 e. The number of allylic oxidation sites excluding steroid dienone is 2. The molecule has 5 heteroatoms. The summed E-state index contributed by atoms with van der Waals surface area (Å²) in [5.41, 5.74) is 7.73. The van der Waals surface area contributed by atoms with E-state index in [9.17, 15) is 4.79 Å². The summed E-state index contributed by atoms with van der Waals surface area (Å²) in [7, 11) is 0. The number of para-hydroxylation sites is 1. The quantitative estimate of drug-likeness (QED) is 0.222. The number of hydrogen-bond acceptors (Lipinski definition) is 4. The molecule has 0 amide bonds. The first kappa shape index (κ1) is 25.0. The average Bonchev–Trinajstić information content (AvgIpc) is 3.02. The van der Waals surface area contributed by atoms with Crippen LogP contribution in [-0.4, -0.2) is 20.7 Å². The maximum atomic E-state index is 13.0. The Kier molecular flexibility index (Phi) is 5.87. The Hall–Kier alpha value is -4.95. The molecule has 0 N–H and O–H groups in total. The Morgan fingerprint density at radius 2 is 1.59 bits per heavy atom. The van der Waals surface area contributed by atoms with Gasteiger partial charge in [-0.05, 0) is 42.0 Å². The molecular weight excluding hydrogens is 504 g/mol. The van der Waals surface area contributed by atoms with Crippen molar-refractivity contribution in [1.29, 1.82) is 0 Å². The van der Waals surface area contributed by atoms with Crippen molar-refractivity contribution < 1.29 is 4.79 Å². The number of rotatable bonds is 3. The summed E-state index contributed by atoms with van der Waals surface area (Å²) in [6, 6.07) is 28.9. The number of aromatic nitrogens is 3. The SMILES string of the molecule is [C-]#[N+]C1=C[C@@]2(C)c3nc(-c4ccnc5ccccc45)nc(-c4ccc(-c5ccccc5)cc4)c3CC[C@@H]2[C@@H](C)C1=O. The molecule has 0 saturated heterocycles. The van der Waals surface area contributed by atoms with Gasteiger partial charge in [-0.2, -0.15) is 0 Å². The topological polar surface area (TPSA) is 60.1 Å². The van der Waals surface area contributed by atoms with Gasteiger partial charge in [-0.15, -0.1) is 0 Å². The van der Waals surface area contributed by atoms with Crippen molar-refractivity contribution in [2.45, 2.75) is 32.1 Å². The van der Waals surface area contributed by atoms with E-state index < -0.39 is 5.41 Å². The van der Waals surface area contributed by atoms with Crippen LogP contribution in [0.4, 0.5) is 0 Å². The zero-order valence-electron chi connectivity index (χ0n) is 23.0. The zero-order valence-corrected chi connectivity index (χ0v) is 23.0. The van der Waals surface area contributed by atoms with Crippen molar-refractivity contribution in [1.82, 2.24) is 15.0 Å². The van der Waals surface area contributed by atoms with E-state index in [0.717, 1.165) is 57.4 Å². The molecule has 0 radical (unpaired) electrons. The molecule has 0 aliphatic heterocycles. The number of pyridine rings is 1. The highest BCUT2D eigenvalue weighted by Crippen LogP contribution is 2.51. The minimum absolute atomic E-state index is 0.0583. The molecule has 2 aromatic heterocycles. The van der Waals surface area contributed by atoms with Gasteiger partial charge in [0.05, 0.1) is 23.5 Å². The predicted octanol–water partition coefficient (Wildman–Crippen LogP) is 7.87. The van der Waals surface area contributed by atoms with Crippen molar-refractivity contribution in [3.05, 3.63) is 126 Å². The van der Waals surface area contributed by atoms with Crippen LogP contribution in [0.2, 0.25) is 0 Å². The number of hydrogen-bond donors (Lipinski definition) is 0. The number of benzene rings is 3. The lowest BCUT2D eigenvalue weighted by Crippen LogP contribution is -2.46. The third kappa shape index (κ3) is 3.98. The molecule has 2 heterocycles. The van der Waals surface area contributed by atoms with Gasteiger partial charge < -0.3 is 4.79 Å². The fourth-order valence-electron chi connectivity index (χ4n) is 6.85. The summed E-state index contributed by atoms with van der Waals surface area (Å²) in [4.78, 5) is 31.7. The van der Waals surface area contributed by atoms with E-state index in [2.05, 4.69) is 59.2 Å². The molecule has 2 aliphatic rings. The second kappa shape index (κ2) is 9.60. The number of carbonyl (C=O) groups is 1. The van der Waals surface area contributed by atoms with Gasteiger partial charge in [0.15, 0.2) is 11.6 Å². The van der Waals surface area contributed by atoms with Gasteiger partial charge in [0.2, 0.25) is 5.70 Å². The van der Waals surface area contributed by atoms with Crippen LogP contribution in [0.25, 0.3) is 49.5 Å². The molecule has 0 saturated carbocycles. The Labute approximate surface area is 239 Å². The van der Waals surface area contributed by atoms with Crippen molar-refractivity contribution >= 4 is 16.7 Å². The number of ketones is 1. The van der Waals surface area contributed by atoms with Gasteiger partial charge in [-0.25, -0.2) is 14.8 Å². The molecule has 0 fully saturated rings. The van der Waals surface area contributed by atoms with Crippen LogP contribution in [0, 0.1) is 18.4 Å². The Morgan fingerprint density at radius 1 is 0.878 bits per heavy atom. The lowest BCUT2D eigenvalue weighted by molar-refractivity contribution is -0.121. The highest BCUT2D eigenvalue weighted by Gasteiger charge is 2.49. The minimum Gasteiger partial charge on any atom is -0.308 e. The number of carbonyl (C=O) groups excluding carboxylic acids is 1. The van der Waals surface area contributed by atoms with Crippen molar-refractivity contribution in [3.8, 4) is 33.8 Å². The summed E-state index contributed by atoms with van der Waals surface area (Å²) in [5, 5.41) is 0.988. The van der Waals surface area contributed by atoms with Crippen LogP contribution in [0.15, 0.2) is 103 Å². The molecule has 0 unspecified atom stereocenters. The molecule has 3 aromatic carbocycles. The monoisotopic (exact) mass is 532 g/mol. The van der Waals surface area contributed by atoms with Gasteiger partial charge in [0.1, 0.15) is 0 Å². The molecule has 2 aliphatic carbocycles. The van der Waals surface area contributed by atoms with E-state index in [-0.39, 0.29) is 23.3 Å². The van der Waals surface area contributed by atoms with E-state index >= 15 is 0 Å². The predicted molar refractivity (Wildman–Crippen MR) is 162 cm³/mol. The van der Waals surface area contributed by atoms with Crippen molar-refractivity contribution in [3.63, 3.8) is 0 Å². The van der Waals surface area contributed by atoms with Crippen LogP contribution >= 0.6 is 0 Å². The average molecular weight is 533 g/mol. The van der Waals surface area contributed by atoms with E-state index in [4.69, 9.17) is 16.5 Å². The molecule has 5 aromatic rings. The first-order valence-electron chi connectivity index (χ1n) is 14.0. The summed E-state index contributed by atoms with van der Waals surface area (Å²) in [6.45, 7) is 11.8. The van der Waals surface area contributed by atoms with Gasteiger partial charge in [0, 0.05) is 39.6 Å². The second-order valence-electron chi connectivity index (χ2n) is 11.3. The van der Waals surface area contributed by atoms with Crippen LogP contribution in [-0.2, 0) is 16.6 Å². The molecule has 3 atom stereocenters.